The van der Waals surface area contributed by atoms with Crippen molar-refractivity contribution in [1.29, 1.82) is 0 Å². The number of pyridine rings is 1. The molecule has 1 aliphatic carbocycles. The number of rotatable bonds is 5. The zero-order chi connectivity index (χ0) is 27.9. The molecule has 5 atom stereocenters. The molecular weight excluding hydrogens is 505 g/mol. The number of carbonyl (C=O) groups is 2. The summed E-state index contributed by atoms with van der Waals surface area (Å²) in [6, 6.07) is 16.5. The van der Waals surface area contributed by atoms with E-state index in [1.165, 1.54) is 25.1 Å². The number of carbonyl (C=O) groups excluding carboxylic acids is 2. The van der Waals surface area contributed by atoms with E-state index < -0.39 is 59.4 Å². The number of allylic oxidation sites excluding steroid dienone is 1. The van der Waals surface area contributed by atoms with E-state index in [1.807, 2.05) is 43.3 Å². The minimum atomic E-state index is -3.29. The van der Waals surface area contributed by atoms with Gasteiger partial charge in [0.05, 0.1) is 5.69 Å². The maximum absolute atomic E-state index is 15.5. The van der Waals surface area contributed by atoms with Crippen molar-refractivity contribution in [2.24, 2.45) is 17.8 Å². The molecule has 8 heteroatoms. The molecule has 39 heavy (non-hydrogen) atoms. The van der Waals surface area contributed by atoms with Gasteiger partial charge in [-0.3, -0.25) is 9.78 Å². The molecule has 1 saturated heterocycles. The number of aromatic nitrogens is 1. The van der Waals surface area contributed by atoms with Gasteiger partial charge < -0.3 is 10.1 Å². The van der Waals surface area contributed by atoms with Gasteiger partial charge in [-0.15, -0.1) is 0 Å². The Bertz CT molecular complexity index is 1440. The van der Waals surface area contributed by atoms with Crippen LogP contribution in [-0.4, -0.2) is 34.4 Å². The van der Waals surface area contributed by atoms with Crippen molar-refractivity contribution in [2.45, 2.75) is 44.8 Å². The highest BCUT2D eigenvalue weighted by atomic mass is 19.3. The molecular formula is C31H29F3N2O3. The molecule has 1 amide bonds. The molecule has 5 nitrogen and oxygen atoms in total. The number of fused-ring (bicyclic) bond motifs is 1. The van der Waals surface area contributed by atoms with Gasteiger partial charge in [0.25, 0.3) is 11.8 Å². The molecule has 2 heterocycles. The standard InChI is InChI=1S/C31H29F3N2O3/c1-18-7-4-5-10-25(18)22-11-12-24(35-16-22)13-14-26-19(2)31(33,34)17-30(27(26)20(3)39-29(30)38)36-28(37)21-8-6-9-23(32)15-21/h4-16,19-20,26-27H,17H2,1-3H3,(H,36,37)/b14-13+/t19-,20+,26-,27-,30-/m0/s1. The van der Waals surface area contributed by atoms with Crippen LogP contribution >= 0.6 is 0 Å². The van der Waals surface area contributed by atoms with Crippen molar-refractivity contribution >= 4 is 18.0 Å². The third-order valence-corrected chi connectivity index (χ3v) is 8.06. The second kappa shape index (κ2) is 9.98. The normalized spacial score (nSPS) is 27.7. The van der Waals surface area contributed by atoms with E-state index in [9.17, 15) is 14.0 Å². The SMILES string of the molecule is Cc1ccccc1-c1ccc(/C=C/[C@@H]2[C@@H]3[C@@H](C)OC(=O)[C@]3(NC(=O)c3cccc(F)c3)CC(F)(F)[C@H]2C)nc1. The average molecular weight is 535 g/mol. The van der Waals surface area contributed by atoms with Crippen LogP contribution in [0.25, 0.3) is 17.2 Å². The molecule has 2 fully saturated rings. The number of halogens is 3. The van der Waals surface area contributed by atoms with Gasteiger partial charge in [-0.05, 0) is 61.2 Å². The van der Waals surface area contributed by atoms with E-state index in [4.69, 9.17) is 4.74 Å². The van der Waals surface area contributed by atoms with Crippen LogP contribution in [0.2, 0.25) is 0 Å². The lowest BCUT2D eigenvalue weighted by molar-refractivity contribution is -0.158. The molecule has 1 saturated carbocycles. The van der Waals surface area contributed by atoms with E-state index in [-0.39, 0.29) is 5.56 Å². The molecule has 0 unspecified atom stereocenters. The smallest absolute Gasteiger partial charge is 0.332 e. The summed E-state index contributed by atoms with van der Waals surface area (Å²) in [6.07, 6.45) is 3.41. The number of hydrogen-bond donors (Lipinski definition) is 1. The van der Waals surface area contributed by atoms with Crippen molar-refractivity contribution in [3.05, 3.63) is 95.6 Å². The summed E-state index contributed by atoms with van der Waals surface area (Å²) in [5, 5.41) is 2.54. The number of benzene rings is 2. The van der Waals surface area contributed by atoms with Crippen LogP contribution < -0.4 is 5.32 Å². The monoisotopic (exact) mass is 534 g/mol. The van der Waals surface area contributed by atoms with Crippen molar-refractivity contribution in [3.63, 3.8) is 0 Å². The maximum atomic E-state index is 15.5. The number of aryl methyl sites for hydroxylation is 1. The number of amides is 1. The molecule has 0 spiro atoms. The zero-order valence-corrected chi connectivity index (χ0v) is 21.8. The molecule has 1 N–H and O–H groups in total. The number of ether oxygens (including phenoxy) is 1. The van der Waals surface area contributed by atoms with E-state index in [2.05, 4.69) is 10.3 Å². The van der Waals surface area contributed by atoms with Gasteiger partial charge in [-0.2, -0.15) is 0 Å². The Morgan fingerprint density at radius 3 is 2.56 bits per heavy atom. The molecule has 3 aromatic rings. The van der Waals surface area contributed by atoms with Crippen LogP contribution in [0.4, 0.5) is 13.2 Å². The average Bonchev–Trinajstić information content (AvgIpc) is 3.13. The van der Waals surface area contributed by atoms with Crippen molar-refractivity contribution in [1.82, 2.24) is 10.3 Å². The highest BCUT2D eigenvalue weighted by molar-refractivity contribution is 5.99. The highest BCUT2D eigenvalue weighted by Crippen LogP contribution is 2.55. The lowest BCUT2D eigenvalue weighted by Gasteiger charge is -2.47. The summed E-state index contributed by atoms with van der Waals surface area (Å²) < 4.78 is 50.2. The lowest BCUT2D eigenvalue weighted by Crippen LogP contribution is -2.66. The van der Waals surface area contributed by atoms with Crippen molar-refractivity contribution in [2.75, 3.05) is 0 Å². The second-order valence-electron chi connectivity index (χ2n) is 10.5. The van der Waals surface area contributed by atoms with Gasteiger partial charge in [-0.25, -0.2) is 18.0 Å². The Balaban J connectivity index is 1.47. The lowest BCUT2D eigenvalue weighted by atomic mass is 9.60. The Labute approximate surface area is 225 Å². The topological polar surface area (TPSA) is 68.3 Å². The van der Waals surface area contributed by atoms with Crippen LogP contribution in [0, 0.1) is 30.5 Å². The number of esters is 1. The molecule has 202 valence electrons. The van der Waals surface area contributed by atoms with Crippen LogP contribution in [0.3, 0.4) is 0 Å². The van der Waals surface area contributed by atoms with Crippen LogP contribution in [-0.2, 0) is 9.53 Å². The van der Waals surface area contributed by atoms with Gasteiger partial charge >= 0.3 is 5.97 Å². The third kappa shape index (κ3) is 4.84. The van der Waals surface area contributed by atoms with E-state index >= 15 is 8.78 Å². The summed E-state index contributed by atoms with van der Waals surface area (Å²) in [7, 11) is 0. The summed E-state index contributed by atoms with van der Waals surface area (Å²) >= 11 is 0. The van der Waals surface area contributed by atoms with E-state index in [0.717, 1.165) is 22.8 Å². The fourth-order valence-electron chi connectivity index (χ4n) is 5.98. The number of nitrogens with one attached hydrogen (secondary N) is 1. The maximum Gasteiger partial charge on any atom is 0.332 e. The summed E-state index contributed by atoms with van der Waals surface area (Å²) in [6.45, 7) is 5.10. The first-order valence-corrected chi connectivity index (χ1v) is 12.9. The molecule has 0 bridgehead atoms. The summed E-state index contributed by atoms with van der Waals surface area (Å²) in [5.74, 6) is -8.38. The van der Waals surface area contributed by atoms with Gasteiger partial charge in [0.1, 0.15) is 11.9 Å². The van der Waals surface area contributed by atoms with Crippen LogP contribution in [0.5, 0.6) is 0 Å². The van der Waals surface area contributed by atoms with Crippen LogP contribution in [0.1, 0.15) is 41.9 Å². The first-order valence-electron chi connectivity index (χ1n) is 12.9. The van der Waals surface area contributed by atoms with Crippen LogP contribution in [0.15, 0.2) is 72.9 Å². The molecule has 0 radical (unpaired) electrons. The Hall–Kier alpha value is -3.94. The Morgan fingerprint density at radius 1 is 1.10 bits per heavy atom. The first kappa shape index (κ1) is 26.7. The predicted molar refractivity (Wildman–Crippen MR) is 141 cm³/mol. The summed E-state index contributed by atoms with van der Waals surface area (Å²) in [4.78, 5) is 30.7. The van der Waals surface area contributed by atoms with Gasteiger partial charge in [0.15, 0.2) is 5.54 Å². The summed E-state index contributed by atoms with van der Waals surface area (Å²) in [5.41, 5.74) is 1.64. The van der Waals surface area contributed by atoms with E-state index in [0.29, 0.717) is 5.69 Å². The zero-order valence-electron chi connectivity index (χ0n) is 21.8. The minimum absolute atomic E-state index is 0.0672. The highest BCUT2D eigenvalue weighted by Gasteiger charge is 2.68. The molecule has 2 aliphatic rings. The largest absolute Gasteiger partial charge is 0.460 e. The number of cyclic esters (lactones) is 1. The Morgan fingerprint density at radius 2 is 1.87 bits per heavy atom. The number of alkyl halides is 2. The van der Waals surface area contributed by atoms with Crippen molar-refractivity contribution in [3.8, 4) is 11.1 Å². The third-order valence-electron chi connectivity index (χ3n) is 8.06. The second-order valence-corrected chi connectivity index (χ2v) is 10.5. The van der Waals surface area contributed by atoms with Crippen molar-refractivity contribution < 1.29 is 27.5 Å². The Kier molecular flexibility index (Phi) is 6.83. The van der Waals surface area contributed by atoms with Gasteiger partial charge in [0.2, 0.25) is 0 Å². The quantitative estimate of drug-likeness (QED) is 0.394. The first-order chi connectivity index (χ1) is 18.5. The molecule has 1 aromatic heterocycles. The fourth-order valence-corrected chi connectivity index (χ4v) is 5.98. The molecule has 5 rings (SSSR count). The molecule has 1 aliphatic heterocycles. The van der Waals surface area contributed by atoms with E-state index in [1.54, 1.807) is 25.3 Å². The number of hydrogen-bond acceptors (Lipinski definition) is 4. The minimum Gasteiger partial charge on any atom is -0.460 e. The fraction of sp³-hybridized carbons (Fsp3) is 0.323. The predicted octanol–water partition coefficient (Wildman–Crippen LogP) is 6.23. The van der Waals surface area contributed by atoms with Gasteiger partial charge in [-0.1, -0.05) is 49.4 Å². The van der Waals surface area contributed by atoms with Gasteiger partial charge in [0, 0.05) is 35.6 Å². The molecule has 2 aromatic carbocycles. The number of nitrogens with zero attached hydrogens (tertiary/aromatic N) is 1.